The number of hydrogen-bond acceptors (Lipinski definition) is 7. The number of benzene rings is 2. The Morgan fingerprint density at radius 3 is 2.21 bits per heavy atom. The van der Waals surface area contributed by atoms with Crippen LogP contribution in [0.25, 0.3) is 0 Å². The topological polar surface area (TPSA) is 71.6 Å². The highest BCUT2D eigenvalue weighted by Gasteiger charge is 2.43. The Bertz CT molecular complexity index is 1400. The van der Waals surface area contributed by atoms with Crippen LogP contribution in [0.4, 0.5) is 18.9 Å². The van der Waals surface area contributed by atoms with Crippen molar-refractivity contribution in [3.8, 4) is 5.75 Å². The van der Waals surface area contributed by atoms with Crippen LogP contribution in [0.2, 0.25) is 0 Å². The van der Waals surface area contributed by atoms with E-state index in [4.69, 9.17) is 14.2 Å². The second kappa shape index (κ2) is 15.1. The summed E-state index contributed by atoms with van der Waals surface area (Å²) in [4.78, 5) is 33.0. The molecule has 1 amide bonds. The van der Waals surface area contributed by atoms with E-state index in [0.717, 1.165) is 49.5 Å². The first-order valence-electron chi connectivity index (χ1n) is 17.5. The molecular weight excluding hydrogens is 623 g/mol. The van der Waals surface area contributed by atoms with Gasteiger partial charge in [0.2, 0.25) is 5.91 Å². The van der Waals surface area contributed by atoms with Crippen LogP contribution < -0.4 is 9.64 Å². The van der Waals surface area contributed by atoms with Gasteiger partial charge in [0.25, 0.3) is 0 Å². The summed E-state index contributed by atoms with van der Waals surface area (Å²) < 4.78 is 57.7. The first-order valence-corrected chi connectivity index (χ1v) is 17.5. The number of likely N-dealkylation sites (tertiary alicyclic amines) is 2. The Morgan fingerprint density at radius 1 is 0.896 bits per heavy atom. The van der Waals surface area contributed by atoms with Crippen molar-refractivity contribution in [3.05, 3.63) is 59.2 Å². The largest absolute Gasteiger partial charge is 0.497 e. The molecule has 262 valence electrons. The van der Waals surface area contributed by atoms with Crippen LogP contribution in [0.5, 0.6) is 5.75 Å². The van der Waals surface area contributed by atoms with Gasteiger partial charge in [0.1, 0.15) is 5.75 Å². The molecule has 0 aliphatic carbocycles. The fourth-order valence-corrected chi connectivity index (χ4v) is 8.22. The molecule has 6 rings (SSSR count). The average molecular weight is 672 g/mol. The third-order valence-corrected chi connectivity index (χ3v) is 11.0. The van der Waals surface area contributed by atoms with Gasteiger partial charge in [0.15, 0.2) is 0 Å². The predicted molar refractivity (Wildman–Crippen MR) is 176 cm³/mol. The van der Waals surface area contributed by atoms with Crippen molar-refractivity contribution >= 4 is 17.6 Å². The Kier molecular flexibility index (Phi) is 10.8. The molecule has 2 atom stereocenters. The van der Waals surface area contributed by atoms with Gasteiger partial charge < -0.3 is 24.0 Å². The van der Waals surface area contributed by atoms with Crippen molar-refractivity contribution in [2.45, 2.75) is 69.5 Å². The number of esters is 1. The fraction of sp³-hybridized carbons (Fsp3) is 0.622. The summed E-state index contributed by atoms with van der Waals surface area (Å²) in [7, 11) is 1.65. The smallest absolute Gasteiger partial charge is 0.416 e. The minimum absolute atomic E-state index is 0.0359. The molecule has 2 aromatic rings. The molecule has 0 saturated carbocycles. The lowest BCUT2D eigenvalue weighted by atomic mass is 9.84. The third-order valence-electron chi connectivity index (χ3n) is 11.0. The number of carbonyl (C=O) groups is 2. The maximum atomic E-state index is 14.3. The van der Waals surface area contributed by atoms with E-state index in [-0.39, 0.29) is 35.5 Å². The Morgan fingerprint density at radius 2 is 1.58 bits per heavy atom. The fourth-order valence-electron chi connectivity index (χ4n) is 8.22. The molecule has 11 heteroatoms. The van der Waals surface area contributed by atoms with E-state index in [1.165, 1.54) is 12.1 Å². The quantitative estimate of drug-likeness (QED) is 0.315. The summed E-state index contributed by atoms with van der Waals surface area (Å²) in [6.45, 7) is 7.24. The van der Waals surface area contributed by atoms with E-state index < -0.39 is 11.7 Å². The molecular formula is C37H48F3N3O5. The van der Waals surface area contributed by atoms with Crippen molar-refractivity contribution in [3.63, 3.8) is 0 Å². The standard InChI is InChI=1S/C37H48F3N3O5/c1-3-48-36(45)27-12-16-41(17-13-27)34-22-28(37(38,39)40)6-9-31(34)26-10-18-42(19-11-26)35(44)33-24-43(29-14-20-47-21-15-29)23-32(33)25-4-7-30(46-2)8-5-25/h4-9,22,26-27,29,32-33H,3,10-21,23-24H2,1-2H3/t32-,33+/m0/s1. The zero-order valence-electron chi connectivity index (χ0n) is 28.1. The summed E-state index contributed by atoms with van der Waals surface area (Å²) >= 11 is 0. The monoisotopic (exact) mass is 671 g/mol. The highest BCUT2D eigenvalue weighted by atomic mass is 19.4. The van der Waals surface area contributed by atoms with Gasteiger partial charge in [-0.3, -0.25) is 14.5 Å². The van der Waals surface area contributed by atoms with E-state index >= 15 is 0 Å². The van der Waals surface area contributed by atoms with Crippen molar-refractivity contribution in [1.82, 2.24) is 9.80 Å². The molecule has 4 heterocycles. The molecule has 0 unspecified atom stereocenters. The van der Waals surface area contributed by atoms with E-state index in [1.807, 2.05) is 21.9 Å². The number of amides is 1. The summed E-state index contributed by atoms with van der Waals surface area (Å²) in [5, 5.41) is 0. The normalized spacial score (nSPS) is 23.8. The number of hydrogen-bond donors (Lipinski definition) is 0. The maximum Gasteiger partial charge on any atom is 0.416 e. The predicted octanol–water partition coefficient (Wildman–Crippen LogP) is 6.09. The van der Waals surface area contributed by atoms with Crippen molar-refractivity contribution in [2.75, 3.05) is 71.1 Å². The van der Waals surface area contributed by atoms with Crippen LogP contribution >= 0.6 is 0 Å². The molecule has 8 nitrogen and oxygen atoms in total. The number of carbonyl (C=O) groups excluding carboxylic acids is 2. The third kappa shape index (κ3) is 7.62. The van der Waals surface area contributed by atoms with Gasteiger partial charge in [0, 0.05) is 70.1 Å². The van der Waals surface area contributed by atoms with Gasteiger partial charge in [-0.2, -0.15) is 13.2 Å². The molecule has 4 aliphatic heterocycles. The molecule has 48 heavy (non-hydrogen) atoms. The number of methoxy groups -OCH3 is 1. The number of piperidine rings is 2. The average Bonchev–Trinajstić information content (AvgIpc) is 3.57. The zero-order valence-corrected chi connectivity index (χ0v) is 28.1. The summed E-state index contributed by atoms with van der Waals surface area (Å²) in [5.74, 6) is 0.429. The molecule has 0 N–H and O–H groups in total. The molecule has 4 saturated heterocycles. The van der Waals surface area contributed by atoms with E-state index in [9.17, 15) is 22.8 Å². The molecule has 4 fully saturated rings. The highest BCUT2D eigenvalue weighted by Crippen LogP contribution is 2.42. The molecule has 4 aliphatic rings. The van der Waals surface area contributed by atoms with Crippen molar-refractivity contribution in [2.24, 2.45) is 11.8 Å². The SMILES string of the molecule is CCOC(=O)C1CCN(c2cc(C(F)(F)F)ccc2C2CCN(C(=O)[C@@H]3CN(C4CCOCC4)C[C@H]3c3ccc(OC)cc3)CC2)CC1. The number of ether oxygens (including phenoxy) is 3. The second-order valence-electron chi connectivity index (χ2n) is 13.7. The molecule has 2 aromatic carbocycles. The minimum atomic E-state index is -4.45. The minimum Gasteiger partial charge on any atom is -0.497 e. The van der Waals surface area contributed by atoms with E-state index in [2.05, 4.69) is 17.0 Å². The molecule has 0 radical (unpaired) electrons. The van der Waals surface area contributed by atoms with Gasteiger partial charge >= 0.3 is 12.1 Å². The van der Waals surface area contributed by atoms with Gasteiger partial charge in [0.05, 0.1) is 31.1 Å². The Balaban J connectivity index is 1.16. The van der Waals surface area contributed by atoms with Crippen LogP contribution in [0.15, 0.2) is 42.5 Å². The summed E-state index contributed by atoms with van der Waals surface area (Å²) in [5.41, 5.74) is 1.97. The van der Waals surface area contributed by atoms with Gasteiger partial charge in [-0.1, -0.05) is 18.2 Å². The highest BCUT2D eigenvalue weighted by molar-refractivity contribution is 5.81. The number of alkyl halides is 3. The van der Waals surface area contributed by atoms with Crippen molar-refractivity contribution in [1.29, 1.82) is 0 Å². The number of halogens is 3. The molecule has 0 spiro atoms. The number of anilines is 1. The van der Waals surface area contributed by atoms with Crippen molar-refractivity contribution < 1.29 is 37.0 Å². The summed E-state index contributed by atoms with van der Waals surface area (Å²) in [6.07, 6.45) is -0.0476. The number of rotatable bonds is 8. The lowest BCUT2D eigenvalue weighted by Gasteiger charge is -2.38. The zero-order chi connectivity index (χ0) is 33.8. The Labute approximate surface area is 281 Å². The number of nitrogens with zero attached hydrogens (tertiary/aromatic N) is 3. The van der Waals surface area contributed by atoms with Crippen LogP contribution in [-0.4, -0.2) is 93.9 Å². The molecule has 0 bridgehead atoms. The van der Waals surface area contributed by atoms with E-state index in [1.54, 1.807) is 20.1 Å². The van der Waals surface area contributed by atoms with Gasteiger partial charge in [-0.05, 0) is 86.8 Å². The van der Waals surface area contributed by atoms with Crippen LogP contribution in [0.1, 0.15) is 74.0 Å². The van der Waals surface area contributed by atoms with Crippen LogP contribution in [0.3, 0.4) is 0 Å². The van der Waals surface area contributed by atoms with Crippen LogP contribution in [0, 0.1) is 11.8 Å². The first-order chi connectivity index (χ1) is 23.2. The lowest BCUT2D eigenvalue weighted by molar-refractivity contribution is -0.148. The maximum absolute atomic E-state index is 14.3. The Hall–Kier alpha value is -3.31. The van der Waals surface area contributed by atoms with Gasteiger partial charge in [-0.15, -0.1) is 0 Å². The second-order valence-corrected chi connectivity index (χ2v) is 13.7. The first kappa shape index (κ1) is 34.5. The summed E-state index contributed by atoms with van der Waals surface area (Å²) in [6, 6.07) is 12.6. The molecule has 0 aromatic heterocycles. The lowest BCUT2D eigenvalue weighted by Crippen LogP contribution is -2.44. The van der Waals surface area contributed by atoms with E-state index in [0.29, 0.717) is 76.7 Å². The van der Waals surface area contributed by atoms with Crippen LogP contribution in [-0.2, 0) is 25.2 Å². The van der Waals surface area contributed by atoms with Gasteiger partial charge in [-0.25, -0.2) is 0 Å².